The molecule has 2 rings (SSSR count). The number of aliphatic hydroxyl groups is 1. The van der Waals surface area contributed by atoms with Crippen LogP contribution in [-0.2, 0) is 14.3 Å². The van der Waals surface area contributed by atoms with Crippen LogP contribution < -0.4 is 5.32 Å². The Labute approximate surface area is 141 Å². The van der Waals surface area contributed by atoms with Crippen molar-refractivity contribution in [2.75, 3.05) is 32.1 Å². The molecule has 1 aliphatic heterocycles. The zero-order valence-corrected chi connectivity index (χ0v) is 13.4. The highest BCUT2D eigenvalue weighted by Crippen LogP contribution is 2.34. The highest BCUT2D eigenvalue weighted by Gasteiger charge is 2.35. The highest BCUT2D eigenvalue weighted by atomic mass is 35.5. The third-order valence-corrected chi connectivity index (χ3v) is 3.71. The number of rotatable bonds is 6. The van der Waals surface area contributed by atoms with Gasteiger partial charge >= 0.3 is 5.97 Å². The first-order chi connectivity index (χ1) is 11.4. The van der Waals surface area contributed by atoms with E-state index in [1.54, 1.807) is 0 Å². The molecule has 0 bridgehead atoms. The average molecular weight is 356 g/mol. The van der Waals surface area contributed by atoms with Crippen LogP contribution in [0.1, 0.15) is 0 Å². The van der Waals surface area contributed by atoms with Gasteiger partial charge in [0.2, 0.25) is 0 Å². The molecule has 1 aromatic carbocycles. The van der Waals surface area contributed by atoms with E-state index in [1.807, 2.05) is 0 Å². The van der Waals surface area contributed by atoms with E-state index in [2.05, 4.69) is 10.1 Å². The van der Waals surface area contributed by atoms with Crippen LogP contribution in [0, 0.1) is 10.1 Å². The molecule has 2 N–H and O–H groups in total. The van der Waals surface area contributed by atoms with Crippen molar-refractivity contribution in [1.82, 2.24) is 4.90 Å². The Bertz CT molecular complexity index is 733. The first-order valence-electron chi connectivity index (χ1n) is 6.82. The van der Waals surface area contributed by atoms with Gasteiger partial charge in [-0.3, -0.25) is 14.9 Å². The number of β-amino-alcohol motifs (C(OH)–C–C–N with tert-alkyl or cyclic N) is 1. The summed E-state index contributed by atoms with van der Waals surface area (Å²) in [6, 6.07) is 4.04. The minimum Gasteiger partial charge on any atom is -0.466 e. The molecule has 0 unspecified atom stereocenters. The first-order valence-corrected chi connectivity index (χ1v) is 7.20. The summed E-state index contributed by atoms with van der Waals surface area (Å²) >= 11 is 5.99. The van der Waals surface area contributed by atoms with E-state index in [-0.39, 0.29) is 47.4 Å². The number of carbonyl (C=O) groups excluding carboxylic acids is 2. The van der Waals surface area contributed by atoms with Crippen LogP contribution in [0.5, 0.6) is 0 Å². The zero-order chi connectivity index (χ0) is 17.9. The molecule has 9 nitrogen and oxygen atoms in total. The number of anilines is 1. The number of methoxy groups -OCH3 is 1. The zero-order valence-electron chi connectivity index (χ0n) is 12.6. The molecule has 0 aromatic heterocycles. The second-order valence-corrected chi connectivity index (χ2v) is 5.22. The molecule has 10 heteroatoms. The Morgan fingerprint density at radius 3 is 2.83 bits per heavy atom. The number of hydrogen-bond donors (Lipinski definition) is 2. The van der Waals surface area contributed by atoms with E-state index in [0.29, 0.717) is 0 Å². The lowest BCUT2D eigenvalue weighted by atomic mass is 10.2. The maximum atomic E-state index is 12.4. The summed E-state index contributed by atoms with van der Waals surface area (Å²) < 4.78 is 4.64. The number of amides is 1. The molecular weight excluding hydrogens is 342 g/mol. The smallest absolute Gasteiger partial charge is 0.337 e. The number of hydrogen-bond acceptors (Lipinski definition) is 7. The minimum absolute atomic E-state index is 0.00478. The number of ether oxygens (including phenoxy) is 1. The summed E-state index contributed by atoms with van der Waals surface area (Å²) in [4.78, 5) is 36.0. The van der Waals surface area contributed by atoms with Crippen molar-refractivity contribution in [2.45, 2.75) is 0 Å². The highest BCUT2D eigenvalue weighted by molar-refractivity contribution is 6.34. The van der Waals surface area contributed by atoms with Crippen molar-refractivity contribution >= 4 is 34.9 Å². The standard InChI is InChI=1S/C14H14ClN3O6/c1-24-14(21)8-7-17(5-6-19)13(20)11(8)16-12-9(15)3-2-4-10(12)18(22)23/h2-4,16,19H,5-7H2,1H3. The number of nitrogens with one attached hydrogen (secondary N) is 1. The van der Waals surface area contributed by atoms with Gasteiger partial charge in [-0.05, 0) is 6.07 Å². The predicted molar refractivity (Wildman–Crippen MR) is 84.4 cm³/mol. The van der Waals surface area contributed by atoms with Gasteiger partial charge in [-0.1, -0.05) is 17.7 Å². The van der Waals surface area contributed by atoms with Crippen molar-refractivity contribution in [1.29, 1.82) is 0 Å². The second kappa shape index (κ2) is 7.28. The van der Waals surface area contributed by atoms with E-state index < -0.39 is 16.8 Å². The van der Waals surface area contributed by atoms with Gasteiger partial charge in [0.1, 0.15) is 11.4 Å². The maximum Gasteiger partial charge on any atom is 0.337 e. The van der Waals surface area contributed by atoms with Crippen LogP contribution in [0.25, 0.3) is 0 Å². The number of nitro benzene ring substituents is 1. The quantitative estimate of drug-likeness (QED) is 0.442. The van der Waals surface area contributed by atoms with E-state index in [1.165, 1.54) is 23.1 Å². The summed E-state index contributed by atoms with van der Waals surface area (Å²) in [5, 5.41) is 22.8. The number of esters is 1. The van der Waals surface area contributed by atoms with Crippen LogP contribution in [-0.4, -0.2) is 53.6 Å². The molecular formula is C14H14ClN3O6. The van der Waals surface area contributed by atoms with Gasteiger partial charge < -0.3 is 20.1 Å². The molecule has 0 radical (unpaired) electrons. The molecule has 0 fully saturated rings. The Morgan fingerprint density at radius 2 is 2.25 bits per heavy atom. The summed E-state index contributed by atoms with van der Waals surface area (Å²) in [7, 11) is 1.16. The third kappa shape index (κ3) is 3.31. The number of halogens is 1. The molecule has 0 saturated heterocycles. The average Bonchev–Trinajstić information content (AvgIpc) is 2.85. The topological polar surface area (TPSA) is 122 Å². The molecule has 0 aliphatic carbocycles. The monoisotopic (exact) mass is 355 g/mol. The molecule has 1 heterocycles. The molecule has 1 amide bonds. The number of aliphatic hydroxyl groups excluding tert-OH is 1. The lowest BCUT2D eigenvalue weighted by Crippen LogP contribution is -2.31. The summed E-state index contributed by atoms with van der Waals surface area (Å²) in [6.45, 7) is -0.360. The Kier molecular flexibility index (Phi) is 5.37. The summed E-state index contributed by atoms with van der Waals surface area (Å²) in [5.41, 5.74) is -0.593. The number of nitrogens with zero attached hydrogens (tertiary/aromatic N) is 2. The van der Waals surface area contributed by atoms with Crippen molar-refractivity contribution < 1.29 is 24.4 Å². The Hall–Kier alpha value is -2.65. The summed E-state index contributed by atoms with van der Waals surface area (Å²) in [6.07, 6.45) is 0. The lowest BCUT2D eigenvalue weighted by molar-refractivity contribution is -0.383. The first kappa shape index (κ1) is 17.7. The maximum absolute atomic E-state index is 12.4. The van der Waals surface area contributed by atoms with Gasteiger partial charge in [-0.2, -0.15) is 0 Å². The number of para-hydroxylation sites is 1. The van der Waals surface area contributed by atoms with Gasteiger partial charge in [0.05, 0.1) is 35.8 Å². The van der Waals surface area contributed by atoms with Crippen LogP contribution in [0.4, 0.5) is 11.4 Å². The van der Waals surface area contributed by atoms with Gasteiger partial charge in [0, 0.05) is 12.6 Å². The minimum atomic E-state index is -0.749. The van der Waals surface area contributed by atoms with Crippen molar-refractivity contribution in [3.63, 3.8) is 0 Å². The summed E-state index contributed by atoms with van der Waals surface area (Å²) in [5.74, 6) is -1.33. The van der Waals surface area contributed by atoms with E-state index in [4.69, 9.17) is 16.7 Å². The SMILES string of the molecule is COC(=O)C1=C(Nc2c(Cl)cccc2[N+](=O)[O-])C(=O)N(CCO)C1. The lowest BCUT2D eigenvalue weighted by Gasteiger charge is -2.15. The fourth-order valence-corrected chi connectivity index (χ4v) is 2.48. The molecule has 128 valence electrons. The predicted octanol–water partition coefficient (Wildman–Crippen LogP) is 0.922. The fourth-order valence-electron chi connectivity index (χ4n) is 2.26. The van der Waals surface area contributed by atoms with Gasteiger partial charge in [-0.25, -0.2) is 4.79 Å². The fraction of sp³-hybridized carbons (Fsp3) is 0.286. The van der Waals surface area contributed by atoms with Gasteiger partial charge in [-0.15, -0.1) is 0 Å². The van der Waals surface area contributed by atoms with Crippen molar-refractivity contribution in [3.05, 3.63) is 44.6 Å². The molecule has 0 atom stereocenters. The molecule has 0 spiro atoms. The molecule has 0 saturated carbocycles. The number of carbonyl (C=O) groups is 2. The van der Waals surface area contributed by atoms with Crippen molar-refractivity contribution in [2.24, 2.45) is 0 Å². The molecule has 24 heavy (non-hydrogen) atoms. The van der Waals surface area contributed by atoms with Gasteiger partial charge in [0.25, 0.3) is 11.6 Å². The second-order valence-electron chi connectivity index (χ2n) is 4.81. The Morgan fingerprint density at radius 1 is 1.54 bits per heavy atom. The number of benzene rings is 1. The van der Waals surface area contributed by atoms with Crippen LogP contribution in [0.15, 0.2) is 29.5 Å². The Balaban J connectivity index is 2.47. The van der Waals surface area contributed by atoms with Crippen LogP contribution >= 0.6 is 11.6 Å². The largest absolute Gasteiger partial charge is 0.466 e. The number of nitro groups is 1. The van der Waals surface area contributed by atoms with Crippen LogP contribution in [0.2, 0.25) is 5.02 Å². The normalized spacial score (nSPS) is 14.1. The van der Waals surface area contributed by atoms with Crippen LogP contribution in [0.3, 0.4) is 0 Å². The van der Waals surface area contributed by atoms with E-state index in [9.17, 15) is 19.7 Å². The molecule has 1 aromatic rings. The third-order valence-electron chi connectivity index (χ3n) is 3.39. The molecule has 1 aliphatic rings. The van der Waals surface area contributed by atoms with Crippen molar-refractivity contribution in [3.8, 4) is 0 Å². The van der Waals surface area contributed by atoms with E-state index in [0.717, 1.165) is 7.11 Å². The van der Waals surface area contributed by atoms with E-state index >= 15 is 0 Å². The van der Waals surface area contributed by atoms with Gasteiger partial charge in [0.15, 0.2) is 0 Å².